The molecule has 0 saturated carbocycles. The molecule has 2 N–H and O–H groups in total. The molecule has 0 saturated heterocycles. The molecule has 0 aliphatic heterocycles. The van der Waals surface area contributed by atoms with Gasteiger partial charge < -0.3 is 14.9 Å². The summed E-state index contributed by atoms with van der Waals surface area (Å²) in [5.41, 5.74) is -0.292. The van der Waals surface area contributed by atoms with Crippen LogP contribution in [-0.4, -0.2) is 34.9 Å². The molecule has 18 heavy (non-hydrogen) atoms. The van der Waals surface area contributed by atoms with Crippen molar-refractivity contribution >= 4 is 11.9 Å². The summed E-state index contributed by atoms with van der Waals surface area (Å²) in [7, 11) is 0. The maximum absolute atomic E-state index is 11.8. The lowest BCUT2D eigenvalue weighted by atomic mass is 10.3. The largest absolute Gasteiger partial charge is 0.475 e. The van der Waals surface area contributed by atoms with Crippen LogP contribution in [0.25, 0.3) is 0 Å². The topological polar surface area (TPSA) is 92.4 Å². The van der Waals surface area contributed by atoms with E-state index in [1.165, 1.54) is 0 Å². The van der Waals surface area contributed by atoms with Crippen LogP contribution in [0.3, 0.4) is 0 Å². The molecule has 0 bridgehead atoms. The quantitative estimate of drug-likeness (QED) is 0.787. The molecule has 1 heterocycles. The predicted molar refractivity (Wildman–Crippen MR) is 51.1 cm³/mol. The number of amides is 1. The van der Waals surface area contributed by atoms with Crippen molar-refractivity contribution in [2.24, 2.45) is 0 Å². The summed E-state index contributed by atoms with van der Waals surface area (Å²) in [5.74, 6) is -2.69. The summed E-state index contributed by atoms with van der Waals surface area (Å²) < 4.78 is 39.7. The molecule has 0 aliphatic carbocycles. The minimum absolute atomic E-state index is 0.187. The molecule has 0 fully saturated rings. The first-order chi connectivity index (χ1) is 8.29. The molecule has 9 heteroatoms. The van der Waals surface area contributed by atoms with Gasteiger partial charge in [-0.05, 0) is 6.42 Å². The highest BCUT2D eigenvalue weighted by molar-refractivity contribution is 5.94. The first-order valence-electron chi connectivity index (χ1n) is 4.84. The average molecular weight is 266 g/mol. The molecule has 1 aromatic heterocycles. The maximum Gasteiger partial charge on any atom is 0.389 e. The van der Waals surface area contributed by atoms with Crippen molar-refractivity contribution in [2.75, 3.05) is 6.54 Å². The number of carbonyl (C=O) groups is 2. The van der Waals surface area contributed by atoms with E-state index < -0.39 is 30.2 Å². The summed E-state index contributed by atoms with van der Waals surface area (Å²) in [4.78, 5) is 21.7. The predicted octanol–water partition coefficient (Wildman–Crippen LogP) is 1.45. The van der Waals surface area contributed by atoms with Crippen LogP contribution in [0.2, 0.25) is 0 Å². The first-order valence-corrected chi connectivity index (χ1v) is 4.84. The van der Waals surface area contributed by atoms with E-state index in [4.69, 9.17) is 5.11 Å². The summed E-state index contributed by atoms with van der Waals surface area (Å²) >= 11 is 0. The number of aromatic carboxylic acids is 1. The molecule has 0 aromatic carbocycles. The van der Waals surface area contributed by atoms with Crippen LogP contribution in [0.1, 0.15) is 33.9 Å². The number of aromatic nitrogens is 1. The fraction of sp³-hybridized carbons (Fsp3) is 0.444. The minimum atomic E-state index is -4.27. The van der Waals surface area contributed by atoms with Gasteiger partial charge in [-0.1, -0.05) is 5.16 Å². The fourth-order valence-electron chi connectivity index (χ4n) is 1.06. The van der Waals surface area contributed by atoms with Gasteiger partial charge in [0.05, 0.1) is 0 Å². The third kappa shape index (κ3) is 4.44. The molecule has 0 radical (unpaired) electrons. The second-order valence-corrected chi connectivity index (χ2v) is 3.36. The van der Waals surface area contributed by atoms with E-state index in [1.807, 2.05) is 0 Å². The Labute approximate surface area is 98.8 Å². The second-order valence-electron chi connectivity index (χ2n) is 3.36. The lowest BCUT2D eigenvalue weighted by Gasteiger charge is -2.05. The summed E-state index contributed by atoms with van der Waals surface area (Å²) in [6.45, 7) is -0.187. The number of carboxylic acids is 1. The van der Waals surface area contributed by atoms with Crippen molar-refractivity contribution in [2.45, 2.75) is 19.0 Å². The number of alkyl halides is 3. The highest BCUT2D eigenvalue weighted by Crippen LogP contribution is 2.20. The highest BCUT2D eigenvalue weighted by Gasteiger charge is 2.26. The molecule has 0 spiro atoms. The van der Waals surface area contributed by atoms with E-state index >= 15 is 0 Å². The monoisotopic (exact) mass is 266 g/mol. The van der Waals surface area contributed by atoms with Gasteiger partial charge in [-0.15, -0.1) is 0 Å². The Morgan fingerprint density at radius 3 is 2.61 bits per heavy atom. The zero-order valence-electron chi connectivity index (χ0n) is 8.95. The normalized spacial score (nSPS) is 11.3. The van der Waals surface area contributed by atoms with Crippen molar-refractivity contribution in [3.8, 4) is 0 Å². The Morgan fingerprint density at radius 1 is 1.44 bits per heavy atom. The number of nitrogens with one attached hydrogen (secondary N) is 1. The van der Waals surface area contributed by atoms with Crippen molar-refractivity contribution in [1.29, 1.82) is 0 Å². The maximum atomic E-state index is 11.8. The van der Waals surface area contributed by atoms with E-state index in [9.17, 15) is 22.8 Å². The van der Waals surface area contributed by atoms with Gasteiger partial charge in [0.15, 0.2) is 5.69 Å². The fourth-order valence-corrected chi connectivity index (χ4v) is 1.06. The van der Waals surface area contributed by atoms with Crippen LogP contribution in [0.5, 0.6) is 0 Å². The van der Waals surface area contributed by atoms with Crippen LogP contribution >= 0.6 is 0 Å². The molecular formula is C9H9F3N2O4. The van der Waals surface area contributed by atoms with E-state index in [0.717, 1.165) is 6.07 Å². The zero-order valence-corrected chi connectivity index (χ0v) is 8.95. The molecule has 6 nitrogen and oxygen atoms in total. The Balaban J connectivity index is 2.39. The Bertz CT molecular complexity index is 441. The van der Waals surface area contributed by atoms with Gasteiger partial charge in [-0.3, -0.25) is 4.79 Å². The first kappa shape index (κ1) is 14.0. The van der Waals surface area contributed by atoms with Crippen molar-refractivity contribution < 1.29 is 32.4 Å². The minimum Gasteiger partial charge on any atom is -0.475 e. The Morgan fingerprint density at radius 2 is 2.11 bits per heavy atom. The SMILES string of the molecule is O=C(NCCCC(F)(F)F)c1cc(C(=O)O)on1. The van der Waals surface area contributed by atoms with Crippen LogP contribution in [0.15, 0.2) is 10.6 Å². The third-order valence-electron chi connectivity index (χ3n) is 1.88. The number of rotatable bonds is 5. The summed E-state index contributed by atoms with van der Waals surface area (Å²) in [6, 6.07) is 0.890. The number of nitrogens with zero attached hydrogens (tertiary/aromatic N) is 1. The lowest BCUT2D eigenvalue weighted by molar-refractivity contribution is -0.135. The molecule has 0 atom stereocenters. The van der Waals surface area contributed by atoms with Gasteiger partial charge >= 0.3 is 12.1 Å². The number of hydrogen-bond acceptors (Lipinski definition) is 4. The molecule has 0 aliphatic rings. The molecule has 1 rings (SSSR count). The summed E-state index contributed by atoms with van der Waals surface area (Å²) in [5, 5.41) is 13.8. The average Bonchev–Trinajstić information content (AvgIpc) is 2.72. The molecule has 1 aromatic rings. The van der Waals surface area contributed by atoms with Crippen LogP contribution in [0.4, 0.5) is 13.2 Å². The van der Waals surface area contributed by atoms with Crippen LogP contribution in [0, 0.1) is 0 Å². The number of hydrogen-bond donors (Lipinski definition) is 2. The van der Waals surface area contributed by atoms with E-state index in [2.05, 4.69) is 15.0 Å². The van der Waals surface area contributed by atoms with Crippen LogP contribution < -0.4 is 5.32 Å². The molecular weight excluding hydrogens is 257 g/mol. The van der Waals surface area contributed by atoms with Crippen molar-refractivity contribution in [1.82, 2.24) is 10.5 Å². The van der Waals surface area contributed by atoms with Crippen LogP contribution in [-0.2, 0) is 0 Å². The van der Waals surface area contributed by atoms with Gasteiger partial charge in [0.1, 0.15) is 0 Å². The van der Waals surface area contributed by atoms with Crippen molar-refractivity contribution in [3.63, 3.8) is 0 Å². The van der Waals surface area contributed by atoms with Gasteiger partial charge in [0.2, 0.25) is 5.76 Å². The highest BCUT2D eigenvalue weighted by atomic mass is 19.4. The molecule has 100 valence electrons. The number of carbonyl (C=O) groups excluding carboxylic acids is 1. The Hall–Kier alpha value is -2.06. The molecule has 1 amide bonds. The van der Waals surface area contributed by atoms with Crippen molar-refractivity contribution in [3.05, 3.63) is 17.5 Å². The smallest absolute Gasteiger partial charge is 0.389 e. The van der Waals surface area contributed by atoms with E-state index in [1.54, 1.807) is 0 Å². The number of halogens is 3. The Kier molecular flexibility index (Phi) is 4.29. The zero-order chi connectivity index (χ0) is 13.8. The molecule has 0 unspecified atom stereocenters. The second kappa shape index (κ2) is 5.52. The standard InChI is InChI=1S/C9H9F3N2O4/c10-9(11,12)2-1-3-13-7(15)5-4-6(8(16)17)18-14-5/h4H,1-3H2,(H,13,15)(H,16,17). The van der Waals surface area contributed by atoms with Gasteiger partial charge in [0, 0.05) is 19.0 Å². The van der Waals surface area contributed by atoms with E-state index in [-0.39, 0.29) is 18.7 Å². The number of carboxylic acid groups (broad SMARTS) is 1. The van der Waals surface area contributed by atoms with E-state index in [0.29, 0.717) is 0 Å². The van der Waals surface area contributed by atoms with Gasteiger partial charge in [-0.25, -0.2) is 4.79 Å². The van der Waals surface area contributed by atoms with Gasteiger partial charge in [-0.2, -0.15) is 13.2 Å². The van der Waals surface area contributed by atoms with Gasteiger partial charge in [0.25, 0.3) is 5.91 Å². The summed E-state index contributed by atoms with van der Waals surface area (Å²) in [6.07, 6.45) is -5.54. The lowest BCUT2D eigenvalue weighted by Crippen LogP contribution is -2.25. The third-order valence-corrected chi connectivity index (χ3v) is 1.88.